The van der Waals surface area contributed by atoms with Crippen LogP contribution in [0.3, 0.4) is 0 Å². The van der Waals surface area contributed by atoms with Gasteiger partial charge in [-0.15, -0.1) is 0 Å². The maximum absolute atomic E-state index is 5.46. The summed E-state index contributed by atoms with van der Waals surface area (Å²) in [7, 11) is 0. The first-order chi connectivity index (χ1) is 8.31. The van der Waals surface area contributed by atoms with Gasteiger partial charge in [0, 0.05) is 31.9 Å². The first-order valence-electron chi connectivity index (χ1n) is 6.35. The van der Waals surface area contributed by atoms with Crippen LogP contribution in [0.5, 0.6) is 0 Å². The number of nitrogens with zero attached hydrogens (tertiary/aromatic N) is 3. The Kier molecular flexibility index (Phi) is 4.14. The lowest BCUT2D eigenvalue weighted by atomic mass is 10.0. The zero-order valence-electron chi connectivity index (χ0n) is 10.4. The van der Waals surface area contributed by atoms with Crippen molar-refractivity contribution in [2.45, 2.75) is 32.2 Å². The molecule has 0 aliphatic carbocycles. The number of hydrogen-bond acceptors (Lipinski definition) is 5. The van der Waals surface area contributed by atoms with E-state index in [1.54, 1.807) is 0 Å². The second kappa shape index (κ2) is 5.82. The minimum absolute atomic E-state index is 0.536. The predicted molar refractivity (Wildman–Crippen MR) is 70.2 cm³/mol. The number of hydrogen-bond donors (Lipinski definition) is 2. The van der Waals surface area contributed by atoms with Crippen molar-refractivity contribution < 1.29 is 0 Å². The lowest BCUT2D eigenvalue weighted by Gasteiger charge is -2.33. The van der Waals surface area contributed by atoms with Crippen molar-refractivity contribution in [3.8, 4) is 0 Å². The van der Waals surface area contributed by atoms with Crippen molar-refractivity contribution in [1.82, 2.24) is 9.97 Å². The number of rotatable bonds is 4. The Morgan fingerprint density at radius 3 is 3.18 bits per heavy atom. The van der Waals surface area contributed by atoms with Crippen LogP contribution < -0.4 is 16.0 Å². The van der Waals surface area contributed by atoms with Gasteiger partial charge in [-0.3, -0.25) is 0 Å². The topological polar surface area (TPSA) is 67.1 Å². The van der Waals surface area contributed by atoms with E-state index in [0.29, 0.717) is 12.6 Å². The zero-order chi connectivity index (χ0) is 12.1. The molecule has 5 heteroatoms. The van der Waals surface area contributed by atoms with Gasteiger partial charge in [0.25, 0.3) is 0 Å². The summed E-state index contributed by atoms with van der Waals surface area (Å²) in [6.45, 7) is 4.65. The van der Waals surface area contributed by atoms with Crippen LogP contribution in [0.15, 0.2) is 12.3 Å². The van der Waals surface area contributed by atoms with E-state index in [2.05, 4.69) is 27.1 Å². The Labute approximate surface area is 102 Å². The van der Waals surface area contributed by atoms with Gasteiger partial charge in [-0.1, -0.05) is 0 Å². The summed E-state index contributed by atoms with van der Waals surface area (Å²) >= 11 is 0. The summed E-state index contributed by atoms with van der Waals surface area (Å²) in [6.07, 6.45) is 5.57. The minimum Gasteiger partial charge on any atom is -0.369 e. The maximum Gasteiger partial charge on any atom is 0.227 e. The molecule has 0 bridgehead atoms. The van der Waals surface area contributed by atoms with Gasteiger partial charge in [0.15, 0.2) is 0 Å². The Morgan fingerprint density at radius 1 is 1.53 bits per heavy atom. The molecule has 5 nitrogen and oxygen atoms in total. The summed E-state index contributed by atoms with van der Waals surface area (Å²) in [4.78, 5) is 11.2. The monoisotopic (exact) mass is 235 g/mol. The van der Waals surface area contributed by atoms with Crippen molar-refractivity contribution in [1.29, 1.82) is 0 Å². The van der Waals surface area contributed by atoms with Crippen LogP contribution in [0.2, 0.25) is 0 Å². The highest BCUT2D eigenvalue weighted by atomic mass is 15.3. The second-order valence-electron chi connectivity index (χ2n) is 4.50. The fourth-order valence-corrected chi connectivity index (χ4v) is 2.18. The molecular formula is C12H21N5. The molecule has 2 heterocycles. The molecule has 17 heavy (non-hydrogen) atoms. The molecule has 0 radical (unpaired) electrons. The van der Waals surface area contributed by atoms with Crippen LogP contribution in [0, 0.1) is 0 Å². The highest BCUT2D eigenvalue weighted by Gasteiger charge is 2.20. The Balaban J connectivity index is 2.08. The summed E-state index contributed by atoms with van der Waals surface area (Å²) in [5.74, 6) is 1.69. The van der Waals surface area contributed by atoms with E-state index in [1.807, 2.05) is 12.3 Å². The van der Waals surface area contributed by atoms with Crippen LogP contribution in [0.1, 0.15) is 26.2 Å². The third-order valence-electron chi connectivity index (χ3n) is 3.15. The van der Waals surface area contributed by atoms with Crippen LogP contribution in [-0.4, -0.2) is 35.6 Å². The SMILES string of the molecule is C[C@@H]1CCCCN1c1nccc(NCCN)n1. The van der Waals surface area contributed by atoms with E-state index in [4.69, 9.17) is 5.73 Å². The maximum atomic E-state index is 5.46. The predicted octanol–water partition coefficient (Wildman–Crippen LogP) is 1.23. The molecule has 1 fully saturated rings. The summed E-state index contributed by atoms with van der Waals surface area (Å²) in [6, 6.07) is 2.42. The van der Waals surface area contributed by atoms with Crippen LogP contribution in [0.4, 0.5) is 11.8 Å². The highest BCUT2D eigenvalue weighted by molar-refractivity contribution is 5.42. The van der Waals surface area contributed by atoms with E-state index in [9.17, 15) is 0 Å². The summed E-state index contributed by atoms with van der Waals surface area (Å²) < 4.78 is 0. The Morgan fingerprint density at radius 2 is 2.41 bits per heavy atom. The molecule has 0 aromatic carbocycles. The summed E-state index contributed by atoms with van der Waals surface area (Å²) in [5.41, 5.74) is 5.46. The summed E-state index contributed by atoms with van der Waals surface area (Å²) in [5, 5.41) is 3.19. The van der Waals surface area contributed by atoms with Crippen molar-refractivity contribution in [2.24, 2.45) is 5.73 Å². The number of aromatic nitrogens is 2. The van der Waals surface area contributed by atoms with Crippen molar-refractivity contribution in [3.05, 3.63) is 12.3 Å². The van der Waals surface area contributed by atoms with E-state index in [1.165, 1.54) is 19.3 Å². The fourth-order valence-electron chi connectivity index (χ4n) is 2.18. The van der Waals surface area contributed by atoms with Gasteiger partial charge in [0.05, 0.1) is 0 Å². The molecule has 1 atom stereocenters. The average molecular weight is 235 g/mol. The number of piperidine rings is 1. The lowest BCUT2D eigenvalue weighted by Crippen LogP contribution is -2.38. The van der Waals surface area contributed by atoms with Crippen LogP contribution in [0.25, 0.3) is 0 Å². The third-order valence-corrected chi connectivity index (χ3v) is 3.15. The molecule has 1 saturated heterocycles. The van der Waals surface area contributed by atoms with Gasteiger partial charge in [-0.25, -0.2) is 4.98 Å². The molecule has 1 aromatic rings. The molecule has 2 rings (SSSR count). The number of nitrogens with one attached hydrogen (secondary N) is 1. The zero-order valence-corrected chi connectivity index (χ0v) is 10.4. The van der Waals surface area contributed by atoms with Crippen molar-refractivity contribution in [3.63, 3.8) is 0 Å². The molecule has 1 aromatic heterocycles. The van der Waals surface area contributed by atoms with E-state index < -0.39 is 0 Å². The second-order valence-corrected chi connectivity index (χ2v) is 4.50. The smallest absolute Gasteiger partial charge is 0.227 e. The van der Waals surface area contributed by atoms with Crippen molar-refractivity contribution in [2.75, 3.05) is 29.9 Å². The quantitative estimate of drug-likeness (QED) is 0.821. The standard InChI is InChI=1S/C12H21N5/c1-10-4-2-3-9-17(10)12-15-7-5-11(16-12)14-8-6-13/h5,7,10H,2-4,6,8-9,13H2,1H3,(H,14,15,16)/t10-/m1/s1. The highest BCUT2D eigenvalue weighted by Crippen LogP contribution is 2.21. The van der Waals surface area contributed by atoms with Gasteiger partial charge in [0.1, 0.15) is 5.82 Å². The van der Waals surface area contributed by atoms with Gasteiger partial charge in [0.2, 0.25) is 5.95 Å². The number of anilines is 2. The number of nitrogens with two attached hydrogens (primary N) is 1. The minimum atomic E-state index is 0.536. The van der Waals surface area contributed by atoms with E-state index in [0.717, 1.165) is 24.9 Å². The van der Waals surface area contributed by atoms with E-state index in [-0.39, 0.29) is 0 Å². The molecule has 1 aliphatic rings. The molecule has 0 saturated carbocycles. The molecule has 0 amide bonds. The Hall–Kier alpha value is -1.36. The fraction of sp³-hybridized carbons (Fsp3) is 0.667. The van der Waals surface area contributed by atoms with E-state index >= 15 is 0 Å². The Bertz CT molecular complexity index is 355. The van der Waals surface area contributed by atoms with Crippen molar-refractivity contribution >= 4 is 11.8 Å². The normalized spacial score (nSPS) is 20.4. The van der Waals surface area contributed by atoms with Crippen LogP contribution in [-0.2, 0) is 0 Å². The molecule has 3 N–H and O–H groups in total. The molecule has 94 valence electrons. The molecular weight excluding hydrogens is 214 g/mol. The third kappa shape index (κ3) is 3.06. The van der Waals surface area contributed by atoms with Gasteiger partial charge in [-0.2, -0.15) is 4.98 Å². The molecule has 1 aliphatic heterocycles. The molecule has 0 unspecified atom stereocenters. The first-order valence-corrected chi connectivity index (χ1v) is 6.35. The average Bonchev–Trinajstić information content (AvgIpc) is 2.37. The van der Waals surface area contributed by atoms with Gasteiger partial charge < -0.3 is 16.0 Å². The van der Waals surface area contributed by atoms with Crippen LogP contribution >= 0.6 is 0 Å². The lowest BCUT2D eigenvalue weighted by molar-refractivity contribution is 0.477. The molecule has 0 spiro atoms. The largest absolute Gasteiger partial charge is 0.369 e. The van der Waals surface area contributed by atoms with Gasteiger partial charge in [-0.05, 0) is 32.3 Å². The van der Waals surface area contributed by atoms with Gasteiger partial charge >= 0.3 is 0 Å². The first kappa shape index (κ1) is 12.1.